The van der Waals surface area contributed by atoms with Crippen LogP contribution in [-0.4, -0.2) is 17.5 Å². The fraction of sp³-hybridized carbons (Fsp3) is 0.875. The molecule has 0 aromatic heterocycles. The zero-order chi connectivity index (χ0) is 16.8. The van der Waals surface area contributed by atoms with Gasteiger partial charge in [0, 0.05) is 0 Å². The van der Waals surface area contributed by atoms with Gasteiger partial charge in [-0.15, -0.1) is 6.10 Å². The third-order valence-corrected chi connectivity index (χ3v) is 7.02. The molecule has 4 bridgehead atoms. The number of hydrogen-bond acceptors (Lipinski definition) is 1. The van der Waals surface area contributed by atoms with Crippen molar-refractivity contribution in [2.24, 2.45) is 40.9 Å². The molecule has 28 heavy (non-hydrogen) atoms. The minimum absolute atomic E-state index is 0. The summed E-state index contributed by atoms with van der Waals surface area (Å²) in [6, 6.07) is 0. The van der Waals surface area contributed by atoms with Gasteiger partial charge in [0.1, 0.15) is 0 Å². The quantitative estimate of drug-likeness (QED) is 0.237. The van der Waals surface area contributed by atoms with E-state index in [4.69, 9.17) is 0 Å². The number of aliphatic hydroxyl groups is 1. The average molecular weight is 1680 g/mol. The van der Waals surface area contributed by atoms with Crippen LogP contribution in [-0.2, 0) is 0 Å². The standard InChI is InChI=1S/C16H18F6O.5Rf/c17-15(18,19)11(23)6-14(16(20,21)22)5-9-4-10(14)13-8-2-1-7(3-8)12(9)13;;;;;/h5,7-10,12-13,23H,1-4,6H2;;;;;/q-2;;;;;. The van der Waals surface area contributed by atoms with Crippen molar-refractivity contribution < 1.29 is 31.4 Å². The van der Waals surface area contributed by atoms with Crippen molar-refractivity contribution in [3.63, 3.8) is 0 Å². The number of hydrogen-bond donors (Lipinski definition) is 1. The number of rotatable bonds is 2. The first kappa shape index (κ1) is 24.8. The van der Waals surface area contributed by atoms with Crippen molar-refractivity contribution in [1.29, 1.82) is 0 Å². The van der Waals surface area contributed by atoms with Crippen LogP contribution in [0, 0.1) is 53.4 Å². The van der Waals surface area contributed by atoms with E-state index in [-0.39, 0.29) is 23.7 Å². The Bertz CT molecular complexity index is 519. The molecule has 4 aliphatic rings. The molecule has 1 N–H and O–H groups in total. The number of alkyl halides is 6. The van der Waals surface area contributed by atoms with Gasteiger partial charge in [-0.2, -0.15) is 25.5 Å². The molecule has 0 aromatic carbocycles. The SMILES string of the molecule is O[C-](CC1(C(F)(F)F)[CH-]C2CC1C1C3CCC(C3)C21)C(F)(F)F.[Rf].[Rf].[Rf].[Rf].[Rf]. The Hall–Kier alpha value is -5.46. The number of fused-ring (bicyclic) bond motifs is 9. The van der Waals surface area contributed by atoms with Gasteiger partial charge < -0.3 is 11.5 Å². The summed E-state index contributed by atoms with van der Waals surface area (Å²) < 4.78 is 79.4. The Balaban J connectivity index is 0. The van der Waals surface area contributed by atoms with E-state index in [2.05, 4.69) is 0 Å². The van der Waals surface area contributed by atoms with Crippen molar-refractivity contribution in [3.05, 3.63) is 12.5 Å². The van der Waals surface area contributed by atoms with Crippen molar-refractivity contribution in [3.8, 4) is 0 Å². The molecule has 0 heterocycles. The van der Waals surface area contributed by atoms with Crippen molar-refractivity contribution in [2.45, 2.75) is 44.5 Å². The second-order valence-corrected chi connectivity index (χ2v) is 7.82. The first-order valence-electron chi connectivity index (χ1n) is 8.09. The largest absolute Gasteiger partial charge is 0.554 e. The Labute approximate surface area is 130 Å². The maximum atomic E-state index is 13.8. The summed E-state index contributed by atoms with van der Waals surface area (Å²) in [6.45, 7) is 0. The van der Waals surface area contributed by atoms with Crippen LogP contribution in [0.1, 0.15) is 32.1 Å². The summed E-state index contributed by atoms with van der Waals surface area (Å²) in [4.78, 5) is 0. The predicted octanol–water partition coefficient (Wildman–Crippen LogP) is 4.91. The molecule has 0 saturated heterocycles. The topological polar surface area (TPSA) is 20.2 Å². The summed E-state index contributed by atoms with van der Waals surface area (Å²) in [7, 11) is 0. The van der Waals surface area contributed by atoms with E-state index in [1.807, 2.05) is 0 Å². The van der Waals surface area contributed by atoms with E-state index >= 15 is 0 Å². The molecule has 4 saturated carbocycles. The normalized spacial score (nSPS) is 39.9. The Morgan fingerprint density at radius 2 is 1.36 bits per heavy atom. The zero-order valence-corrected chi connectivity index (χ0v) is 47.8. The monoisotopic (exact) mass is 1680 g/mol. The molecule has 0 radical (unpaired) electrons. The van der Waals surface area contributed by atoms with Gasteiger partial charge >= 0.3 is 6.18 Å². The third kappa shape index (κ3) is 2.29. The molecule has 1 nitrogen and oxygen atoms in total. The average Bonchev–Trinajstić information content (AvgIpc) is 3.14. The van der Waals surface area contributed by atoms with Crippen molar-refractivity contribution in [2.75, 3.05) is 0 Å². The van der Waals surface area contributed by atoms with Crippen LogP contribution in [0.5, 0.6) is 0 Å². The minimum atomic E-state index is -5.10. The smallest absolute Gasteiger partial charge is 0.366 e. The van der Waals surface area contributed by atoms with Crippen LogP contribution in [0.4, 0.5) is 26.3 Å². The van der Waals surface area contributed by atoms with Crippen molar-refractivity contribution >= 4 is 0 Å². The molecule has 0 amide bonds. The second kappa shape index (κ2) is 5.81. The molecule has 0 aliphatic heterocycles. The molecular formula is C16H18F6ORf5-2. The van der Waals surface area contributed by atoms with Crippen LogP contribution in [0.3, 0.4) is 0 Å². The van der Waals surface area contributed by atoms with Crippen LogP contribution < -0.4 is 0 Å². The van der Waals surface area contributed by atoms with Crippen LogP contribution in [0.25, 0.3) is 0 Å². The van der Waals surface area contributed by atoms with Gasteiger partial charge in [-0.25, -0.2) is 13.2 Å². The van der Waals surface area contributed by atoms with E-state index in [1.54, 1.807) is 0 Å². The van der Waals surface area contributed by atoms with E-state index in [1.165, 1.54) is 0 Å². The Morgan fingerprint density at radius 1 is 0.857 bits per heavy atom. The zero-order valence-electron chi connectivity index (χ0n) is 15.8. The molecule has 4 aliphatic carbocycles. The maximum absolute atomic E-state index is 13.8. The summed E-state index contributed by atoms with van der Waals surface area (Å²) >= 11 is 0. The molecule has 7 atom stereocenters. The van der Waals surface area contributed by atoms with E-state index in [0.29, 0.717) is 12.3 Å². The molecule has 0 aromatic rings. The first-order valence-corrected chi connectivity index (χ1v) is 8.09. The van der Waals surface area contributed by atoms with Crippen LogP contribution in [0.2, 0.25) is 0 Å². The van der Waals surface area contributed by atoms with Gasteiger partial charge in [-0.1, -0.05) is 23.7 Å². The van der Waals surface area contributed by atoms with Gasteiger partial charge in [0.15, 0.2) is 0 Å². The predicted molar refractivity (Wildman–Crippen MR) is 68.0 cm³/mol. The summed E-state index contributed by atoms with van der Waals surface area (Å²) in [5.74, 6) is -0.278. The molecule has 4 fully saturated rings. The second-order valence-electron chi connectivity index (χ2n) is 7.82. The summed E-state index contributed by atoms with van der Waals surface area (Å²) in [5, 5.41) is 9.25. The molecular weight excluding hydrogens is 1660 g/mol. The Morgan fingerprint density at radius 3 is 1.82 bits per heavy atom. The van der Waals surface area contributed by atoms with Crippen molar-refractivity contribution in [1.82, 2.24) is 0 Å². The molecule has 7 unspecified atom stereocenters. The summed E-state index contributed by atoms with van der Waals surface area (Å²) in [5.41, 5.74) is -2.51. The Kier molecular flexibility index (Phi) is 5.15. The minimum Gasteiger partial charge on any atom is -0.554 e. The molecule has 0 spiro atoms. The van der Waals surface area contributed by atoms with Crippen LogP contribution in [0.15, 0.2) is 0 Å². The fourth-order valence-corrected chi connectivity index (χ4v) is 6.43. The molecule has 142 valence electrons. The molecule has 12 heteroatoms. The van der Waals surface area contributed by atoms with Gasteiger partial charge in [0.2, 0.25) is 0 Å². The fourth-order valence-electron chi connectivity index (χ4n) is 6.43. The maximum Gasteiger partial charge on any atom is 0.366 e. The number of aliphatic hydroxyl groups excluding tert-OH is 1. The van der Waals surface area contributed by atoms with E-state index in [9.17, 15) is 31.4 Å². The van der Waals surface area contributed by atoms with Crippen LogP contribution >= 0.6 is 0 Å². The van der Waals surface area contributed by atoms with Gasteiger partial charge in [-0.3, -0.25) is 0 Å². The number of halogens is 6. The third-order valence-electron chi connectivity index (χ3n) is 7.02. The first-order chi connectivity index (χ1) is 10.5. The van der Waals surface area contributed by atoms with Gasteiger partial charge in [-0.05, 0) is 37.0 Å². The van der Waals surface area contributed by atoms with E-state index < -0.39 is 36.2 Å². The summed E-state index contributed by atoms with van der Waals surface area (Å²) in [6.07, 6.45) is -8.89. The van der Waals surface area contributed by atoms with E-state index in [0.717, 1.165) is 25.7 Å². The molecule has 4 rings (SSSR count). The van der Waals surface area contributed by atoms with Gasteiger partial charge in [0.05, 0.1) is 0 Å². The van der Waals surface area contributed by atoms with Gasteiger partial charge in [0.25, 0.3) is 6.18 Å².